The van der Waals surface area contributed by atoms with Crippen molar-refractivity contribution in [2.45, 2.75) is 40.5 Å². The van der Waals surface area contributed by atoms with Crippen LogP contribution in [0.25, 0.3) is 0 Å². The van der Waals surface area contributed by atoms with Crippen LogP contribution in [0.5, 0.6) is 5.88 Å². The Labute approximate surface area is 141 Å². The largest absolute Gasteiger partial charge is 0.473 e. The molecule has 126 valence electrons. The van der Waals surface area contributed by atoms with Gasteiger partial charge in [0.15, 0.2) is 0 Å². The predicted octanol–water partition coefficient (Wildman–Crippen LogP) is 4.02. The van der Waals surface area contributed by atoms with Crippen molar-refractivity contribution >= 4 is 11.6 Å². The molecule has 0 spiro atoms. The van der Waals surface area contributed by atoms with Gasteiger partial charge in [-0.05, 0) is 30.7 Å². The topological polar surface area (TPSA) is 39.1 Å². The van der Waals surface area contributed by atoms with Crippen molar-refractivity contribution in [3.05, 3.63) is 46.4 Å². The van der Waals surface area contributed by atoms with E-state index in [-0.39, 0.29) is 17.8 Å². The fourth-order valence-corrected chi connectivity index (χ4v) is 2.40. The van der Waals surface area contributed by atoms with E-state index in [4.69, 9.17) is 16.3 Å². The zero-order valence-corrected chi connectivity index (χ0v) is 14.7. The molecule has 0 aliphatic carbocycles. The van der Waals surface area contributed by atoms with E-state index in [2.05, 4.69) is 31.2 Å². The van der Waals surface area contributed by atoms with E-state index < -0.39 is 0 Å². The zero-order valence-electron chi connectivity index (χ0n) is 14.0. The van der Waals surface area contributed by atoms with Gasteiger partial charge in [0.1, 0.15) is 12.4 Å². The maximum Gasteiger partial charge on any atom is 0.212 e. The van der Waals surface area contributed by atoms with Crippen LogP contribution in [0.2, 0.25) is 5.02 Å². The van der Waals surface area contributed by atoms with Crippen LogP contribution in [0.4, 0.5) is 4.39 Å². The number of aromatic nitrogens is 2. The first-order valence-corrected chi connectivity index (χ1v) is 7.94. The summed E-state index contributed by atoms with van der Waals surface area (Å²) in [5.74, 6) is 0.302. The first kappa shape index (κ1) is 17.8. The molecule has 1 aromatic heterocycles. The van der Waals surface area contributed by atoms with Crippen LogP contribution in [0.15, 0.2) is 24.3 Å². The van der Waals surface area contributed by atoms with Crippen molar-refractivity contribution < 1.29 is 9.13 Å². The highest BCUT2D eigenvalue weighted by Gasteiger charge is 2.17. The van der Waals surface area contributed by atoms with Gasteiger partial charge in [-0.2, -0.15) is 5.10 Å². The Morgan fingerprint density at radius 3 is 2.70 bits per heavy atom. The Hall–Kier alpha value is -1.59. The fourth-order valence-electron chi connectivity index (χ4n) is 2.20. The smallest absolute Gasteiger partial charge is 0.212 e. The number of hydrogen-bond acceptors (Lipinski definition) is 3. The van der Waals surface area contributed by atoms with Crippen molar-refractivity contribution in [3.8, 4) is 5.88 Å². The third-order valence-corrected chi connectivity index (χ3v) is 3.39. The van der Waals surface area contributed by atoms with E-state index in [0.29, 0.717) is 29.6 Å². The van der Waals surface area contributed by atoms with Crippen molar-refractivity contribution in [2.75, 3.05) is 7.05 Å². The Morgan fingerprint density at radius 2 is 2.04 bits per heavy atom. The van der Waals surface area contributed by atoms with Crippen LogP contribution >= 0.6 is 11.6 Å². The molecule has 0 radical (unpaired) electrons. The number of rotatable bonds is 6. The first-order valence-electron chi connectivity index (χ1n) is 7.56. The van der Waals surface area contributed by atoms with Crippen molar-refractivity contribution in [1.29, 1.82) is 0 Å². The van der Waals surface area contributed by atoms with E-state index in [1.54, 1.807) is 6.07 Å². The van der Waals surface area contributed by atoms with E-state index in [1.165, 1.54) is 12.1 Å². The molecule has 0 saturated carbocycles. The third kappa shape index (κ3) is 5.22. The SMILES string of the molecule is CNCc1cc(OCc2cc(Cl)ccc2F)n(CC(C)(C)C)n1. The lowest BCUT2D eigenvalue weighted by molar-refractivity contribution is 0.240. The van der Waals surface area contributed by atoms with E-state index in [1.807, 2.05) is 17.8 Å². The molecule has 0 aliphatic heterocycles. The van der Waals surface area contributed by atoms with Gasteiger partial charge in [-0.3, -0.25) is 0 Å². The van der Waals surface area contributed by atoms with Gasteiger partial charge in [0, 0.05) is 29.7 Å². The fraction of sp³-hybridized carbons (Fsp3) is 0.471. The number of nitrogens with one attached hydrogen (secondary N) is 1. The molecule has 4 nitrogen and oxygen atoms in total. The molecule has 0 saturated heterocycles. The van der Waals surface area contributed by atoms with Gasteiger partial charge in [0.2, 0.25) is 5.88 Å². The zero-order chi connectivity index (χ0) is 17.0. The van der Waals surface area contributed by atoms with Gasteiger partial charge in [-0.1, -0.05) is 32.4 Å². The molecule has 0 atom stereocenters. The molecule has 0 fully saturated rings. The van der Waals surface area contributed by atoms with Crippen LogP contribution in [0.1, 0.15) is 32.0 Å². The lowest BCUT2D eigenvalue weighted by Gasteiger charge is -2.19. The van der Waals surface area contributed by atoms with Crippen LogP contribution in [-0.4, -0.2) is 16.8 Å². The van der Waals surface area contributed by atoms with E-state index in [0.717, 1.165) is 5.69 Å². The lowest BCUT2D eigenvalue weighted by Crippen LogP contribution is -2.18. The summed E-state index contributed by atoms with van der Waals surface area (Å²) in [6, 6.07) is 6.33. The first-order chi connectivity index (χ1) is 10.8. The lowest BCUT2D eigenvalue weighted by atomic mass is 9.97. The molecule has 6 heteroatoms. The highest BCUT2D eigenvalue weighted by Crippen LogP contribution is 2.23. The summed E-state index contributed by atoms with van der Waals surface area (Å²) >= 11 is 5.91. The standard InChI is InChI=1S/C17H23ClFN3O/c1-17(2,3)11-22-16(8-14(21-22)9-20-4)23-10-12-7-13(18)5-6-15(12)19/h5-8,20H,9-11H2,1-4H3. The van der Waals surface area contributed by atoms with Crippen molar-refractivity contribution in [2.24, 2.45) is 5.41 Å². The van der Waals surface area contributed by atoms with Crippen molar-refractivity contribution in [3.63, 3.8) is 0 Å². The summed E-state index contributed by atoms with van der Waals surface area (Å²) < 4.78 is 21.4. The second kappa shape index (κ2) is 7.32. The highest BCUT2D eigenvalue weighted by atomic mass is 35.5. The minimum atomic E-state index is -0.327. The number of benzene rings is 1. The average molecular weight is 340 g/mol. The molecule has 1 N–H and O–H groups in total. The normalized spacial score (nSPS) is 11.7. The minimum Gasteiger partial charge on any atom is -0.473 e. The van der Waals surface area contributed by atoms with Gasteiger partial charge in [0.25, 0.3) is 0 Å². The van der Waals surface area contributed by atoms with E-state index in [9.17, 15) is 4.39 Å². The Bertz CT molecular complexity index is 664. The predicted molar refractivity (Wildman–Crippen MR) is 90.2 cm³/mol. The van der Waals surface area contributed by atoms with Gasteiger partial charge >= 0.3 is 0 Å². The average Bonchev–Trinajstić information content (AvgIpc) is 2.80. The summed E-state index contributed by atoms with van der Waals surface area (Å²) in [6.45, 7) is 7.87. The summed E-state index contributed by atoms with van der Waals surface area (Å²) in [5.41, 5.74) is 1.37. The minimum absolute atomic E-state index is 0.0579. The Balaban J connectivity index is 2.18. The quantitative estimate of drug-likeness (QED) is 0.864. The molecule has 0 bridgehead atoms. The Morgan fingerprint density at radius 1 is 1.30 bits per heavy atom. The molecule has 0 aliphatic rings. The summed E-state index contributed by atoms with van der Waals surface area (Å²) in [5, 5.41) is 8.11. The highest BCUT2D eigenvalue weighted by molar-refractivity contribution is 6.30. The molecule has 0 unspecified atom stereocenters. The van der Waals surface area contributed by atoms with Gasteiger partial charge in [-0.25, -0.2) is 9.07 Å². The van der Waals surface area contributed by atoms with Gasteiger partial charge in [0.05, 0.1) is 5.69 Å². The van der Waals surface area contributed by atoms with Crippen LogP contribution in [0, 0.1) is 11.2 Å². The molecule has 2 rings (SSSR count). The summed E-state index contributed by atoms with van der Waals surface area (Å²) in [6.07, 6.45) is 0. The molecular weight excluding hydrogens is 317 g/mol. The maximum absolute atomic E-state index is 13.8. The molecular formula is C17H23ClFN3O. The monoisotopic (exact) mass is 339 g/mol. The molecule has 23 heavy (non-hydrogen) atoms. The molecule has 0 amide bonds. The second-order valence-electron chi connectivity index (χ2n) is 6.75. The number of ether oxygens (including phenoxy) is 1. The molecule has 1 heterocycles. The summed E-state index contributed by atoms with van der Waals surface area (Å²) in [4.78, 5) is 0. The van der Waals surface area contributed by atoms with Gasteiger partial charge < -0.3 is 10.1 Å². The van der Waals surface area contributed by atoms with Crippen LogP contribution in [-0.2, 0) is 19.7 Å². The van der Waals surface area contributed by atoms with Crippen LogP contribution in [0.3, 0.4) is 0 Å². The number of hydrogen-bond donors (Lipinski definition) is 1. The second-order valence-corrected chi connectivity index (χ2v) is 7.18. The third-order valence-electron chi connectivity index (χ3n) is 3.16. The number of nitrogens with zero attached hydrogens (tertiary/aromatic N) is 2. The van der Waals surface area contributed by atoms with Crippen LogP contribution < -0.4 is 10.1 Å². The Kier molecular flexibility index (Phi) is 5.65. The van der Waals surface area contributed by atoms with E-state index >= 15 is 0 Å². The molecule has 1 aromatic carbocycles. The molecule has 2 aromatic rings. The maximum atomic E-state index is 13.8. The van der Waals surface area contributed by atoms with Gasteiger partial charge in [-0.15, -0.1) is 0 Å². The number of halogens is 2. The summed E-state index contributed by atoms with van der Waals surface area (Å²) in [7, 11) is 1.87. The van der Waals surface area contributed by atoms with Crippen molar-refractivity contribution in [1.82, 2.24) is 15.1 Å².